The first-order chi connectivity index (χ1) is 8.94. The van der Waals surface area contributed by atoms with Gasteiger partial charge in [-0.05, 0) is 30.2 Å². The van der Waals surface area contributed by atoms with Gasteiger partial charge in [0.1, 0.15) is 0 Å². The van der Waals surface area contributed by atoms with Gasteiger partial charge < -0.3 is 10.2 Å². The maximum atomic E-state index is 10.9. The highest BCUT2D eigenvalue weighted by molar-refractivity contribution is 5.99. The lowest BCUT2D eigenvalue weighted by atomic mass is 9.96. The molecule has 4 nitrogen and oxygen atoms in total. The number of benzene rings is 1. The summed E-state index contributed by atoms with van der Waals surface area (Å²) < 4.78 is 0. The lowest BCUT2D eigenvalue weighted by Gasteiger charge is -2.08. The minimum absolute atomic E-state index is 0.00917. The molecule has 0 spiro atoms. The summed E-state index contributed by atoms with van der Waals surface area (Å²) in [6.07, 6.45) is 4.37. The highest BCUT2D eigenvalue weighted by atomic mass is 16.4. The van der Waals surface area contributed by atoms with Gasteiger partial charge in [0.05, 0.1) is 11.1 Å². The Kier molecular flexibility index (Phi) is 6.60. The molecule has 0 amide bonds. The lowest BCUT2D eigenvalue weighted by Crippen LogP contribution is -2.07. The third-order valence-corrected chi connectivity index (χ3v) is 2.16. The number of carboxylic acids is 2. The van der Waals surface area contributed by atoms with E-state index < -0.39 is 11.9 Å². The quantitative estimate of drug-likeness (QED) is 0.812. The molecule has 0 saturated carbocycles. The van der Waals surface area contributed by atoms with Crippen LogP contribution in [0.4, 0.5) is 0 Å². The van der Waals surface area contributed by atoms with Gasteiger partial charge in [-0.15, -0.1) is 6.58 Å². The Labute approximate surface area is 112 Å². The maximum Gasteiger partial charge on any atom is 0.336 e. The monoisotopic (exact) mass is 260 g/mol. The van der Waals surface area contributed by atoms with Crippen LogP contribution in [0.1, 0.15) is 38.8 Å². The molecule has 0 fully saturated rings. The average Bonchev–Trinajstić information content (AvgIpc) is 2.37. The first-order valence-corrected chi connectivity index (χ1v) is 5.40. The molecule has 0 aliphatic rings. The van der Waals surface area contributed by atoms with Gasteiger partial charge >= 0.3 is 11.9 Å². The van der Waals surface area contributed by atoms with Crippen molar-refractivity contribution in [3.63, 3.8) is 0 Å². The summed E-state index contributed by atoms with van der Waals surface area (Å²) in [7, 11) is 0. The fraction of sp³-hybridized carbons (Fsp3) is 0.0667. The van der Waals surface area contributed by atoms with Crippen LogP contribution in [0, 0.1) is 0 Å². The number of rotatable bonds is 4. The topological polar surface area (TPSA) is 74.6 Å². The van der Waals surface area contributed by atoms with E-state index >= 15 is 0 Å². The van der Waals surface area contributed by atoms with Crippen LogP contribution in [0.3, 0.4) is 0 Å². The number of hydrogen-bond acceptors (Lipinski definition) is 2. The minimum atomic E-state index is -1.13. The molecule has 1 rings (SSSR count). The Bertz CT molecular complexity index is 482. The molecule has 2 N–H and O–H groups in total. The third kappa shape index (κ3) is 3.96. The standard InChI is InChI=1S/C12H10O4.C3H6/c1-3-7-8(4-2)10(12(15)16)6-5-9(7)11(13)14;1-3-2/h3-6H,1-2H2,(H,13,14)(H,15,16);3H,1H2,2H3. The van der Waals surface area contributed by atoms with Gasteiger partial charge in [0.15, 0.2) is 0 Å². The van der Waals surface area contributed by atoms with Crippen molar-refractivity contribution >= 4 is 24.1 Å². The van der Waals surface area contributed by atoms with Crippen molar-refractivity contribution in [2.24, 2.45) is 0 Å². The minimum Gasteiger partial charge on any atom is -0.478 e. The van der Waals surface area contributed by atoms with Crippen LogP contribution >= 0.6 is 0 Å². The molecular weight excluding hydrogens is 244 g/mol. The summed E-state index contributed by atoms with van der Waals surface area (Å²) in [6.45, 7) is 12.2. The molecule has 0 radical (unpaired) electrons. The predicted octanol–water partition coefficient (Wildman–Crippen LogP) is 3.56. The Morgan fingerprint density at radius 2 is 1.21 bits per heavy atom. The molecule has 0 atom stereocenters. The molecule has 0 aliphatic carbocycles. The molecule has 0 saturated heterocycles. The van der Waals surface area contributed by atoms with E-state index in [1.54, 1.807) is 6.08 Å². The molecule has 1 aromatic rings. The van der Waals surface area contributed by atoms with Crippen LogP contribution < -0.4 is 0 Å². The van der Waals surface area contributed by atoms with Crippen molar-refractivity contribution in [2.75, 3.05) is 0 Å². The number of hydrogen-bond donors (Lipinski definition) is 2. The summed E-state index contributed by atoms with van der Waals surface area (Å²) in [4.78, 5) is 21.8. The zero-order valence-electron chi connectivity index (χ0n) is 10.7. The Hall–Kier alpha value is -2.62. The Morgan fingerprint density at radius 3 is 1.37 bits per heavy atom. The van der Waals surface area contributed by atoms with E-state index in [-0.39, 0.29) is 22.3 Å². The number of allylic oxidation sites excluding steroid dienone is 1. The summed E-state index contributed by atoms with van der Waals surface area (Å²) in [5.74, 6) is -2.26. The summed E-state index contributed by atoms with van der Waals surface area (Å²) in [5.41, 5.74) is 0.551. The van der Waals surface area contributed by atoms with Crippen LogP contribution in [0.25, 0.3) is 12.2 Å². The fourth-order valence-corrected chi connectivity index (χ4v) is 1.45. The Balaban J connectivity index is 0.000000982. The molecule has 0 aromatic heterocycles. The second kappa shape index (κ2) is 7.66. The zero-order chi connectivity index (χ0) is 15.0. The Morgan fingerprint density at radius 1 is 0.947 bits per heavy atom. The SMILES string of the molecule is C=CC.C=Cc1c(C(=O)O)ccc(C(=O)O)c1C=C. The van der Waals surface area contributed by atoms with E-state index in [4.69, 9.17) is 10.2 Å². The van der Waals surface area contributed by atoms with E-state index in [0.717, 1.165) is 0 Å². The predicted molar refractivity (Wildman–Crippen MR) is 76.4 cm³/mol. The van der Waals surface area contributed by atoms with E-state index in [2.05, 4.69) is 19.7 Å². The van der Waals surface area contributed by atoms with Crippen LogP contribution in [-0.4, -0.2) is 22.2 Å². The highest BCUT2D eigenvalue weighted by Gasteiger charge is 2.16. The first-order valence-electron chi connectivity index (χ1n) is 5.40. The average molecular weight is 260 g/mol. The third-order valence-electron chi connectivity index (χ3n) is 2.16. The number of aromatic carboxylic acids is 2. The van der Waals surface area contributed by atoms with E-state index in [1.165, 1.54) is 24.3 Å². The second-order valence-corrected chi connectivity index (χ2v) is 3.41. The summed E-state index contributed by atoms with van der Waals surface area (Å²) in [5, 5.41) is 17.8. The zero-order valence-corrected chi connectivity index (χ0v) is 10.7. The molecule has 19 heavy (non-hydrogen) atoms. The molecule has 0 aliphatic heterocycles. The maximum absolute atomic E-state index is 10.9. The smallest absolute Gasteiger partial charge is 0.336 e. The van der Waals surface area contributed by atoms with Crippen LogP contribution in [-0.2, 0) is 0 Å². The normalized spacial score (nSPS) is 8.68. The molecule has 4 heteroatoms. The van der Waals surface area contributed by atoms with Crippen molar-refractivity contribution < 1.29 is 19.8 Å². The largest absolute Gasteiger partial charge is 0.478 e. The molecule has 100 valence electrons. The molecule has 0 bridgehead atoms. The molecule has 1 aromatic carbocycles. The van der Waals surface area contributed by atoms with Crippen molar-refractivity contribution in [3.05, 3.63) is 60.2 Å². The summed E-state index contributed by atoms with van der Waals surface area (Å²) in [6, 6.07) is 2.49. The van der Waals surface area contributed by atoms with Crippen molar-refractivity contribution in [1.82, 2.24) is 0 Å². The second-order valence-electron chi connectivity index (χ2n) is 3.41. The van der Waals surface area contributed by atoms with E-state index in [9.17, 15) is 9.59 Å². The van der Waals surface area contributed by atoms with Crippen LogP contribution in [0.5, 0.6) is 0 Å². The number of carboxylic acid groups (broad SMARTS) is 2. The van der Waals surface area contributed by atoms with Crippen molar-refractivity contribution in [1.29, 1.82) is 0 Å². The van der Waals surface area contributed by atoms with Crippen molar-refractivity contribution in [2.45, 2.75) is 6.92 Å². The van der Waals surface area contributed by atoms with Gasteiger partial charge in [0, 0.05) is 0 Å². The van der Waals surface area contributed by atoms with Crippen LogP contribution in [0.15, 0.2) is 37.9 Å². The fourth-order valence-electron chi connectivity index (χ4n) is 1.45. The van der Waals surface area contributed by atoms with Gasteiger partial charge in [-0.3, -0.25) is 0 Å². The summed E-state index contributed by atoms with van der Waals surface area (Å²) >= 11 is 0. The van der Waals surface area contributed by atoms with Gasteiger partial charge in [-0.1, -0.05) is 31.4 Å². The lowest BCUT2D eigenvalue weighted by molar-refractivity contribution is 0.0680. The first kappa shape index (κ1) is 16.4. The van der Waals surface area contributed by atoms with E-state index in [1.807, 2.05) is 6.92 Å². The van der Waals surface area contributed by atoms with Crippen LogP contribution in [0.2, 0.25) is 0 Å². The highest BCUT2D eigenvalue weighted by Crippen LogP contribution is 2.22. The molecule has 0 heterocycles. The molecular formula is C15H16O4. The van der Waals surface area contributed by atoms with E-state index in [0.29, 0.717) is 0 Å². The van der Waals surface area contributed by atoms with Gasteiger partial charge in [0.2, 0.25) is 0 Å². The van der Waals surface area contributed by atoms with Gasteiger partial charge in [-0.2, -0.15) is 0 Å². The van der Waals surface area contributed by atoms with Gasteiger partial charge in [-0.25, -0.2) is 9.59 Å². The van der Waals surface area contributed by atoms with Crippen molar-refractivity contribution in [3.8, 4) is 0 Å². The molecule has 0 unspecified atom stereocenters. The number of carbonyl (C=O) groups is 2. The van der Waals surface area contributed by atoms with Gasteiger partial charge in [0.25, 0.3) is 0 Å².